The molecule has 6 rings (SSSR count). The first-order chi connectivity index (χ1) is 19.7. The van der Waals surface area contributed by atoms with Crippen LogP contribution < -0.4 is 9.47 Å². The lowest BCUT2D eigenvalue weighted by atomic mass is 9.88. The van der Waals surface area contributed by atoms with E-state index in [4.69, 9.17) is 19.2 Å². The number of hydrogen-bond acceptors (Lipinski definition) is 5. The monoisotopic (exact) mass is 551 g/mol. The summed E-state index contributed by atoms with van der Waals surface area (Å²) in [6.45, 7) is 8.76. The Hall–Kier alpha value is -4.19. The zero-order valence-corrected chi connectivity index (χ0v) is 24.1. The molecule has 6 heteroatoms. The standard InChI is InChI=1S/C35H34FNO4/c1-19-12-22(4)37-30(13-19)23-14-20(2)34(21(3)15-23)27-8-10-29(36)35-28(27)9-11-31(35)41-25-6-7-26-24(16-33(38)39-5)18-40-32(26)17-25/h6-8,10,12-15,17,24,31H,9,11,16,18H2,1-5H3/t24-,31-/m1/s1. The summed E-state index contributed by atoms with van der Waals surface area (Å²) in [4.78, 5) is 16.5. The van der Waals surface area contributed by atoms with Gasteiger partial charge in [0.1, 0.15) is 23.4 Å². The molecule has 2 atom stereocenters. The predicted molar refractivity (Wildman–Crippen MR) is 157 cm³/mol. The summed E-state index contributed by atoms with van der Waals surface area (Å²) in [5.74, 6) is 0.786. The Morgan fingerprint density at radius 3 is 2.54 bits per heavy atom. The third-order valence-electron chi connectivity index (χ3n) is 8.26. The van der Waals surface area contributed by atoms with E-state index in [-0.39, 0.29) is 24.1 Å². The van der Waals surface area contributed by atoms with Crippen LogP contribution in [0.1, 0.15) is 63.9 Å². The van der Waals surface area contributed by atoms with Crippen LogP contribution in [0.15, 0.2) is 54.6 Å². The Kier molecular flexibility index (Phi) is 7.02. The van der Waals surface area contributed by atoms with E-state index in [1.54, 1.807) is 6.07 Å². The molecule has 0 amide bonds. The summed E-state index contributed by atoms with van der Waals surface area (Å²) in [7, 11) is 1.39. The van der Waals surface area contributed by atoms with Crippen LogP contribution in [0.5, 0.6) is 11.5 Å². The van der Waals surface area contributed by atoms with Crippen LogP contribution in [0, 0.1) is 33.5 Å². The Morgan fingerprint density at radius 2 is 1.80 bits per heavy atom. The number of hydrogen-bond donors (Lipinski definition) is 0. The van der Waals surface area contributed by atoms with E-state index in [1.807, 2.05) is 31.2 Å². The average Bonchev–Trinajstić information content (AvgIpc) is 3.53. The molecule has 0 radical (unpaired) electrons. The minimum Gasteiger partial charge on any atom is -0.492 e. The van der Waals surface area contributed by atoms with Crippen LogP contribution in [0.4, 0.5) is 4.39 Å². The molecule has 210 valence electrons. The molecule has 0 N–H and O–H groups in total. The second-order valence-corrected chi connectivity index (χ2v) is 11.3. The van der Waals surface area contributed by atoms with Crippen molar-refractivity contribution in [3.63, 3.8) is 0 Å². The maximum absolute atomic E-state index is 15.4. The first kappa shape index (κ1) is 27.0. The molecule has 0 saturated heterocycles. The van der Waals surface area contributed by atoms with Crippen molar-refractivity contribution in [2.45, 2.75) is 59.0 Å². The van der Waals surface area contributed by atoms with Crippen molar-refractivity contribution >= 4 is 5.97 Å². The molecule has 41 heavy (non-hydrogen) atoms. The van der Waals surface area contributed by atoms with Gasteiger partial charge in [-0.3, -0.25) is 9.78 Å². The molecule has 0 unspecified atom stereocenters. The maximum atomic E-state index is 15.4. The molecular formula is C35H34FNO4. The van der Waals surface area contributed by atoms with Gasteiger partial charge >= 0.3 is 5.97 Å². The fourth-order valence-electron chi connectivity index (χ4n) is 6.50. The second kappa shape index (κ2) is 10.7. The van der Waals surface area contributed by atoms with Crippen molar-refractivity contribution in [3.8, 4) is 33.9 Å². The van der Waals surface area contributed by atoms with Gasteiger partial charge in [-0.1, -0.05) is 12.1 Å². The second-order valence-electron chi connectivity index (χ2n) is 11.3. The Labute approximate surface area is 240 Å². The Bertz CT molecular complexity index is 1630. The van der Waals surface area contributed by atoms with Crippen LogP contribution >= 0.6 is 0 Å². The number of methoxy groups -OCH3 is 1. The predicted octanol–water partition coefficient (Wildman–Crippen LogP) is 7.89. The van der Waals surface area contributed by atoms with Gasteiger partial charge < -0.3 is 14.2 Å². The van der Waals surface area contributed by atoms with Gasteiger partial charge in [0.2, 0.25) is 0 Å². The summed E-state index contributed by atoms with van der Waals surface area (Å²) in [5, 5.41) is 0. The van der Waals surface area contributed by atoms with Crippen molar-refractivity contribution in [1.82, 2.24) is 4.98 Å². The van der Waals surface area contributed by atoms with E-state index in [9.17, 15) is 4.79 Å². The summed E-state index contributed by atoms with van der Waals surface area (Å²) < 4.78 is 32.4. The molecule has 1 aliphatic heterocycles. The van der Waals surface area contributed by atoms with E-state index >= 15 is 4.39 Å². The highest BCUT2D eigenvalue weighted by atomic mass is 19.1. The number of esters is 1. The third kappa shape index (κ3) is 5.08. The highest BCUT2D eigenvalue weighted by Gasteiger charge is 2.32. The number of pyridine rings is 1. The van der Waals surface area contributed by atoms with Crippen molar-refractivity contribution in [2.75, 3.05) is 13.7 Å². The highest BCUT2D eigenvalue weighted by molar-refractivity contribution is 5.79. The highest BCUT2D eigenvalue weighted by Crippen LogP contribution is 2.45. The van der Waals surface area contributed by atoms with Gasteiger partial charge in [0.05, 0.1) is 25.8 Å². The van der Waals surface area contributed by atoms with E-state index in [0.717, 1.165) is 56.8 Å². The SMILES string of the molecule is COC(=O)C[C@@H]1COc2cc(O[C@@H]3CCc4c(-c5c(C)cc(-c6cc(C)cc(C)n6)cc5C)ccc(F)c43)ccc21. The summed E-state index contributed by atoms with van der Waals surface area (Å²) in [6, 6.07) is 17.7. The van der Waals surface area contributed by atoms with Crippen LogP contribution in [0.3, 0.4) is 0 Å². The smallest absolute Gasteiger partial charge is 0.306 e. The number of ether oxygens (including phenoxy) is 3. The van der Waals surface area contributed by atoms with Gasteiger partial charge in [-0.2, -0.15) is 0 Å². The Balaban J connectivity index is 1.30. The number of aromatic nitrogens is 1. The number of fused-ring (bicyclic) bond motifs is 2. The molecule has 0 spiro atoms. The fraction of sp³-hybridized carbons (Fsp3) is 0.314. The maximum Gasteiger partial charge on any atom is 0.306 e. The molecule has 1 aromatic heterocycles. The number of aryl methyl sites for hydroxylation is 4. The number of rotatable bonds is 6. The minimum atomic E-state index is -0.394. The molecule has 2 aliphatic rings. The van der Waals surface area contributed by atoms with Gasteiger partial charge in [-0.05, 0) is 110 Å². The summed E-state index contributed by atoms with van der Waals surface area (Å²) in [5.41, 5.74) is 11.3. The summed E-state index contributed by atoms with van der Waals surface area (Å²) in [6.07, 6.45) is 1.30. The van der Waals surface area contributed by atoms with Crippen LogP contribution in [0.25, 0.3) is 22.4 Å². The van der Waals surface area contributed by atoms with E-state index < -0.39 is 6.10 Å². The van der Waals surface area contributed by atoms with Gasteiger partial charge in [0.15, 0.2) is 0 Å². The quantitative estimate of drug-likeness (QED) is 0.228. The van der Waals surface area contributed by atoms with Crippen LogP contribution in [0.2, 0.25) is 0 Å². The van der Waals surface area contributed by atoms with Gasteiger partial charge in [0.25, 0.3) is 0 Å². The lowest BCUT2D eigenvalue weighted by molar-refractivity contribution is -0.141. The van der Waals surface area contributed by atoms with Gasteiger partial charge in [-0.15, -0.1) is 0 Å². The molecule has 5 nitrogen and oxygen atoms in total. The summed E-state index contributed by atoms with van der Waals surface area (Å²) >= 11 is 0. The number of halogens is 1. The fourth-order valence-corrected chi connectivity index (χ4v) is 6.50. The number of carbonyl (C=O) groups excluding carboxylic acids is 1. The van der Waals surface area contributed by atoms with E-state index in [1.165, 1.54) is 12.7 Å². The third-order valence-corrected chi connectivity index (χ3v) is 8.26. The van der Waals surface area contributed by atoms with Crippen molar-refractivity contribution < 1.29 is 23.4 Å². The number of carbonyl (C=O) groups is 1. The zero-order chi connectivity index (χ0) is 28.8. The molecule has 0 fully saturated rings. The van der Waals surface area contributed by atoms with E-state index in [0.29, 0.717) is 30.1 Å². The van der Waals surface area contributed by atoms with Crippen molar-refractivity contribution in [1.29, 1.82) is 0 Å². The lowest BCUT2D eigenvalue weighted by Crippen LogP contribution is -2.09. The molecule has 1 aliphatic carbocycles. The molecule has 4 aromatic rings. The number of benzene rings is 3. The normalized spacial score (nSPS) is 17.1. The molecule has 0 bridgehead atoms. The average molecular weight is 552 g/mol. The molecular weight excluding hydrogens is 517 g/mol. The molecule has 2 heterocycles. The molecule has 3 aromatic carbocycles. The Morgan fingerprint density at radius 1 is 1.02 bits per heavy atom. The topological polar surface area (TPSA) is 57.7 Å². The van der Waals surface area contributed by atoms with E-state index in [2.05, 4.69) is 45.0 Å². The number of nitrogens with zero attached hydrogens (tertiary/aromatic N) is 1. The first-order valence-electron chi connectivity index (χ1n) is 14.1. The minimum absolute atomic E-state index is 0.0395. The zero-order valence-electron chi connectivity index (χ0n) is 24.1. The first-order valence-corrected chi connectivity index (χ1v) is 14.1. The van der Waals surface area contributed by atoms with Crippen LogP contribution in [-0.2, 0) is 16.0 Å². The largest absolute Gasteiger partial charge is 0.492 e. The lowest BCUT2D eigenvalue weighted by Gasteiger charge is -2.19. The van der Waals surface area contributed by atoms with Crippen molar-refractivity contribution in [3.05, 3.63) is 99.5 Å². The van der Waals surface area contributed by atoms with Gasteiger partial charge in [0, 0.05) is 34.4 Å². The van der Waals surface area contributed by atoms with Gasteiger partial charge in [-0.25, -0.2) is 4.39 Å². The van der Waals surface area contributed by atoms with Crippen LogP contribution in [-0.4, -0.2) is 24.7 Å². The molecule has 0 saturated carbocycles. The van der Waals surface area contributed by atoms with Crippen molar-refractivity contribution in [2.24, 2.45) is 0 Å².